The second kappa shape index (κ2) is 6.81. The van der Waals surface area contributed by atoms with Gasteiger partial charge in [0.05, 0.1) is 17.1 Å². The number of oxime groups is 1. The van der Waals surface area contributed by atoms with Crippen molar-refractivity contribution < 1.29 is 9.23 Å². The maximum atomic E-state index is 13.5. The molecule has 20 heavy (non-hydrogen) atoms. The molecule has 0 radical (unpaired) electrons. The van der Waals surface area contributed by atoms with Crippen LogP contribution in [0.3, 0.4) is 0 Å². The summed E-state index contributed by atoms with van der Waals surface area (Å²) < 4.78 is 14.2. The lowest BCUT2D eigenvalue weighted by Gasteiger charge is -2.03. The van der Waals surface area contributed by atoms with E-state index in [4.69, 9.17) is 10.6 Å². The fraction of sp³-hybridized carbons (Fsp3) is 0.231. The summed E-state index contributed by atoms with van der Waals surface area (Å²) in [6, 6.07) is 4.76. The lowest BCUT2D eigenvalue weighted by molar-refractivity contribution is 0.127. The van der Waals surface area contributed by atoms with Crippen LogP contribution in [0.5, 0.6) is 0 Å². The molecule has 1 heterocycles. The number of aromatic nitrogens is 1. The molecule has 0 saturated carbocycles. The van der Waals surface area contributed by atoms with E-state index in [1.807, 2.05) is 12.3 Å². The summed E-state index contributed by atoms with van der Waals surface area (Å²) in [7, 11) is 0. The van der Waals surface area contributed by atoms with Crippen LogP contribution in [0.2, 0.25) is 0 Å². The highest BCUT2D eigenvalue weighted by Gasteiger charge is 2.04. The monoisotopic (exact) mass is 357 g/mol. The molecule has 7 heteroatoms. The highest BCUT2D eigenvalue weighted by atomic mass is 79.9. The second-order valence-corrected chi connectivity index (χ2v) is 6.10. The predicted octanol–water partition coefficient (Wildman–Crippen LogP) is 3.38. The van der Waals surface area contributed by atoms with Gasteiger partial charge >= 0.3 is 0 Å². The standard InChI is InChI=1S/C13H13BrFN3OS/c1-8-17-11(7-20-8)5-13(16)18-19-6-9-2-3-10(14)4-12(9)15/h2-4,7H,5-6H2,1H3,(H2,16,18). The number of aryl methyl sites for hydroxylation is 1. The van der Waals surface area contributed by atoms with Gasteiger partial charge < -0.3 is 10.6 Å². The summed E-state index contributed by atoms with van der Waals surface area (Å²) in [4.78, 5) is 9.34. The van der Waals surface area contributed by atoms with E-state index in [-0.39, 0.29) is 12.4 Å². The van der Waals surface area contributed by atoms with Crippen LogP contribution >= 0.6 is 27.3 Å². The third kappa shape index (κ3) is 4.28. The first-order valence-corrected chi connectivity index (χ1v) is 7.51. The average molecular weight is 358 g/mol. The van der Waals surface area contributed by atoms with Crippen molar-refractivity contribution >= 4 is 33.1 Å². The minimum atomic E-state index is -0.344. The Morgan fingerprint density at radius 1 is 1.55 bits per heavy atom. The highest BCUT2D eigenvalue weighted by molar-refractivity contribution is 9.10. The summed E-state index contributed by atoms with van der Waals surface area (Å²) in [5.74, 6) is -0.0314. The van der Waals surface area contributed by atoms with Gasteiger partial charge in [0.15, 0.2) is 0 Å². The van der Waals surface area contributed by atoms with Gasteiger partial charge in [-0.3, -0.25) is 0 Å². The van der Waals surface area contributed by atoms with Crippen molar-refractivity contribution in [3.63, 3.8) is 0 Å². The van der Waals surface area contributed by atoms with E-state index >= 15 is 0 Å². The Morgan fingerprint density at radius 3 is 3.00 bits per heavy atom. The SMILES string of the molecule is Cc1nc(C/C(N)=N/OCc2ccc(Br)cc2F)cs1. The van der Waals surface area contributed by atoms with Gasteiger partial charge in [-0.2, -0.15) is 0 Å². The van der Waals surface area contributed by atoms with Crippen LogP contribution in [-0.4, -0.2) is 10.8 Å². The molecule has 0 unspecified atom stereocenters. The van der Waals surface area contributed by atoms with Crippen molar-refractivity contribution in [2.45, 2.75) is 20.0 Å². The fourth-order valence-corrected chi connectivity index (χ4v) is 2.48. The molecular weight excluding hydrogens is 345 g/mol. The minimum absolute atomic E-state index is 0.0376. The van der Waals surface area contributed by atoms with Crippen LogP contribution in [0.1, 0.15) is 16.3 Å². The molecule has 0 atom stereocenters. The number of hydrogen-bond donors (Lipinski definition) is 1. The summed E-state index contributed by atoms with van der Waals surface area (Å²) in [6.07, 6.45) is 0.424. The molecule has 4 nitrogen and oxygen atoms in total. The van der Waals surface area contributed by atoms with E-state index in [2.05, 4.69) is 26.1 Å². The van der Waals surface area contributed by atoms with E-state index in [9.17, 15) is 4.39 Å². The van der Waals surface area contributed by atoms with E-state index in [0.29, 0.717) is 22.3 Å². The molecule has 0 spiro atoms. The largest absolute Gasteiger partial charge is 0.389 e. The Balaban J connectivity index is 1.89. The number of halogens is 2. The lowest BCUT2D eigenvalue weighted by atomic mass is 10.2. The molecule has 106 valence electrons. The maximum Gasteiger partial charge on any atom is 0.145 e. The molecule has 0 aliphatic rings. The number of nitrogens with two attached hydrogens (primary N) is 1. The van der Waals surface area contributed by atoms with Gasteiger partial charge in [0, 0.05) is 15.4 Å². The Kier molecular flexibility index (Phi) is 5.08. The summed E-state index contributed by atoms with van der Waals surface area (Å²) in [6.45, 7) is 1.96. The third-order valence-corrected chi connectivity index (χ3v) is 3.76. The van der Waals surface area contributed by atoms with E-state index in [1.165, 1.54) is 6.07 Å². The molecule has 0 fully saturated rings. The van der Waals surface area contributed by atoms with Crippen molar-refractivity contribution in [3.05, 3.63) is 50.1 Å². The smallest absolute Gasteiger partial charge is 0.145 e. The maximum absolute atomic E-state index is 13.5. The van der Waals surface area contributed by atoms with Crippen LogP contribution in [0, 0.1) is 12.7 Å². The highest BCUT2D eigenvalue weighted by Crippen LogP contribution is 2.16. The molecule has 0 bridgehead atoms. The first-order chi connectivity index (χ1) is 9.54. The predicted molar refractivity (Wildman–Crippen MR) is 81.1 cm³/mol. The van der Waals surface area contributed by atoms with Gasteiger partial charge in [0.25, 0.3) is 0 Å². The number of rotatable bonds is 5. The quantitative estimate of drug-likeness (QED) is 0.506. The van der Waals surface area contributed by atoms with Crippen LogP contribution in [0.4, 0.5) is 4.39 Å². The number of benzene rings is 1. The zero-order valence-corrected chi connectivity index (χ0v) is 13.2. The molecule has 2 rings (SSSR count). The van der Waals surface area contributed by atoms with E-state index in [0.717, 1.165) is 10.7 Å². The molecular formula is C13H13BrFN3OS. The molecule has 1 aromatic carbocycles. The Hall–Kier alpha value is -1.47. The molecule has 2 N–H and O–H groups in total. The Labute approximate surface area is 128 Å². The lowest BCUT2D eigenvalue weighted by Crippen LogP contribution is -2.15. The Morgan fingerprint density at radius 2 is 2.35 bits per heavy atom. The molecule has 0 aliphatic carbocycles. The van der Waals surface area contributed by atoms with Crippen molar-refractivity contribution in [1.82, 2.24) is 4.98 Å². The minimum Gasteiger partial charge on any atom is -0.389 e. The molecule has 2 aromatic rings. The third-order valence-electron chi connectivity index (χ3n) is 2.45. The number of thiazole rings is 1. The van der Waals surface area contributed by atoms with Crippen LogP contribution < -0.4 is 5.73 Å². The van der Waals surface area contributed by atoms with Gasteiger partial charge in [-0.1, -0.05) is 27.2 Å². The fourth-order valence-electron chi connectivity index (χ4n) is 1.53. The zero-order chi connectivity index (χ0) is 14.5. The topological polar surface area (TPSA) is 60.5 Å². The molecule has 0 saturated heterocycles. The molecule has 0 aliphatic heterocycles. The average Bonchev–Trinajstić information content (AvgIpc) is 2.77. The van der Waals surface area contributed by atoms with E-state index in [1.54, 1.807) is 23.5 Å². The van der Waals surface area contributed by atoms with Gasteiger partial charge in [0.2, 0.25) is 0 Å². The summed E-state index contributed by atoms with van der Waals surface area (Å²) in [5.41, 5.74) is 7.01. The van der Waals surface area contributed by atoms with Crippen LogP contribution in [0.15, 0.2) is 33.2 Å². The normalized spacial score (nSPS) is 11.7. The molecule has 0 amide bonds. The summed E-state index contributed by atoms with van der Waals surface area (Å²) >= 11 is 4.75. The van der Waals surface area contributed by atoms with Crippen molar-refractivity contribution in [2.24, 2.45) is 10.9 Å². The van der Waals surface area contributed by atoms with Crippen molar-refractivity contribution in [2.75, 3.05) is 0 Å². The van der Waals surface area contributed by atoms with Gasteiger partial charge in [-0.15, -0.1) is 11.3 Å². The van der Waals surface area contributed by atoms with Gasteiger partial charge in [0.1, 0.15) is 18.3 Å². The van der Waals surface area contributed by atoms with Gasteiger partial charge in [-0.25, -0.2) is 9.37 Å². The van der Waals surface area contributed by atoms with E-state index < -0.39 is 0 Å². The van der Waals surface area contributed by atoms with Crippen molar-refractivity contribution in [3.8, 4) is 0 Å². The number of amidine groups is 1. The summed E-state index contributed by atoms with van der Waals surface area (Å²) in [5, 5.41) is 6.67. The van der Waals surface area contributed by atoms with Gasteiger partial charge in [-0.05, 0) is 19.1 Å². The second-order valence-electron chi connectivity index (χ2n) is 4.13. The first-order valence-electron chi connectivity index (χ1n) is 5.84. The van der Waals surface area contributed by atoms with Crippen LogP contribution in [0.25, 0.3) is 0 Å². The molecule has 1 aromatic heterocycles. The number of nitrogens with zero attached hydrogens (tertiary/aromatic N) is 2. The van der Waals surface area contributed by atoms with Crippen molar-refractivity contribution in [1.29, 1.82) is 0 Å². The first kappa shape index (κ1) is 14.9. The number of hydrogen-bond acceptors (Lipinski definition) is 4. The Bertz CT molecular complexity index is 630. The van der Waals surface area contributed by atoms with Crippen LogP contribution in [-0.2, 0) is 17.9 Å². The zero-order valence-electron chi connectivity index (χ0n) is 10.8.